The summed E-state index contributed by atoms with van der Waals surface area (Å²) in [5.74, 6) is 0. The van der Waals surface area contributed by atoms with Gasteiger partial charge in [-0.2, -0.15) is 23.1 Å². The number of nitrogens with zero attached hydrogens (tertiary/aromatic N) is 2. The van der Waals surface area contributed by atoms with E-state index in [0.717, 1.165) is 16.0 Å². The first-order valence-corrected chi connectivity index (χ1v) is 12.1. The number of nitrogens with one attached hydrogen (secondary N) is 1. The molecule has 152 valence electrons. The molecule has 0 fully saturated rings. The average molecular weight is 456 g/mol. The van der Waals surface area contributed by atoms with Crippen molar-refractivity contribution in [3.63, 3.8) is 0 Å². The van der Waals surface area contributed by atoms with Crippen molar-refractivity contribution in [2.24, 2.45) is 0 Å². The molecular weight excluding hydrogens is 438 g/mol. The van der Waals surface area contributed by atoms with Crippen molar-refractivity contribution in [3.05, 3.63) is 90.0 Å². The Morgan fingerprint density at radius 2 is 1.60 bits per heavy atom. The van der Waals surface area contributed by atoms with Crippen LogP contribution in [0.5, 0.6) is 0 Å². The molecule has 4 rings (SSSR count). The van der Waals surface area contributed by atoms with Crippen molar-refractivity contribution >= 4 is 33.4 Å². The Bertz CT molecular complexity index is 1270. The van der Waals surface area contributed by atoms with Gasteiger partial charge >= 0.3 is 0 Å². The molecule has 0 atom stereocenters. The molecule has 0 amide bonds. The Morgan fingerprint density at radius 1 is 0.933 bits per heavy atom. The Hall–Kier alpha value is -2.74. The molecule has 0 unspecified atom stereocenters. The predicted molar refractivity (Wildman–Crippen MR) is 123 cm³/mol. The molecule has 0 aliphatic carbocycles. The Kier molecular flexibility index (Phi) is 5.85. The minimum atomic E-state index is -3.82. The lowest BCUT2D eigenvalue weighted by atomic mass is 10.1. The molecule has 8 heteroatoms. The number of aromatic nitrogens is 2. The van der Waals surface area contributed by atoms with Gasteiger partial charge in [-0.3, -0.25) is 0 Å². The summed E-state index contributed by atoms with van der Waals surface area (Å²) in [6, 6.07) is 25.1. The first-order chi connectivity index (χ1) is 14.5. The fraction of sp³-hybridized carbons (Fsp3) is 0.0455. The topological polar surface area (TPSA) is 64.0 Å². The summed E-state index contributed by atoms with van der Waals surface area (Å²) in [6.45, 7) is 0. The van der Waals surface area contributed by atoms with Crippen LogP contribution in [-0.2, 0) is 10.0 Å². The molecule has 1 N–H and O–H groups in total. The van der Waals surface area contributed by atoms with Gasteiger partial charge < -0.3 is 0 Å². The number of rotatable bonds is 6. The molecule has 4 aromatic rings. The molecule has 0 saturated carbocycles. The second-order valence-electron chi connectivity index (χ2n) is 6.44. The normalized spacial score (nSPS) is 11.4. The lowest BCUT2D eigenvalue weighted by Gasteiger charge is -2.11. The summed E-state index contributed by atoms with van der Waals surface area (Å²) >= 11 is 7.64. The van der Waals surface area contributed by atoms with Gasteiger partial charge in [0.15, 0.2) is 0 Å². The lowest BCUT2D eigenvalue weighted by molar-refractivity contribution is 0.592. The largest absolute Gasteiger partial charge is 0.276 e. The molecular formula is C22H18ClN3O2S2. The summed E-state index contributed by atoms with van der Waals surface area (Å²) in [4.78, 5) is 5.10. The van der Waals surface area contributed by atoms with E-state index in [1.165, 1.54) is 16.9 Å². The van der Waals surface area contributed by atoms with Crippen molar-refractivity contribution in [1.29, 1.82) is 0 Å². The molecule has 30 heavy (non-hydrogen) atoms. The average Bonchev–Trinajstić information content (AvgIpc) is 3.17. The number of sulfonamides is 1. The Morgan fingerprint density at radius 3 is 2.30 bits per heavy atom. The van der Waals surface area contributed by atoms with Gasteiger partial charge in [0.25, 0.3) is 10.0 Å². The SMILES string of the molecule is CSc1ccccc1-c1cc(-c2ccc(Cl)cc2)n(NS(=O)(=O)c2ccccc2)n1. The molecule has 1 heterocycles. The van der Waals surface area contributed by atoms with Crippen molar-refractivity contribution in [1.82, 2.24) is 9.89 Å². The van der Waals surface area contributed by atoms with Crippen LogP contribution in [0.3, 0.4) is 0 Å². The molecule has 0 aliphatic rings. The highest BCUT2D eigenvalue weighted by atomic mass is 35.5. The van der Waals surface area contributed by atoms with E-state index in [1.54, 1.807) is 42.1 Å². The molecule has 0 spiro atoms. The van der Waals surface area contributed by atoms with Gasteiger partial charge in [-0.25, -0.2) is 0 Å². The van der Waals surface area contributed by atoms with Crippen LogP contribution in [0.1, 0.15) is 0 Å². The lowest BCUT2D eigenvalue weighted by Crippen LogP contribution is -2.25. The van der Waals surface area contributed by atoms with E-state index in [1.807, 2.05) is 48.7 Å². The van der Waals surface area contributed by atoms with Crippen LogP contribution in [-0.4, -0.2) is 24.6 Å². The smallest absolute Gasteiger partial charge is 0.200 e. The maximum absolute atomic E-state index is 12.9. The van der Waals surface area contributed by atoms with E-state index in [4.69, 9.17) is 11.6 Å². The highest BCUT2D eigenvalue weighted by molar-refractivity contribution is 7.98. The standard InChI is InChI=1S/C22H18ClN3O2S2/c1-29-22-10-6-5-9-19(22)20-15-21(16-11-13-17(23)14-12-16)26(24-20)25-30(27,28)18-7-3-2-4-8-18/h2-15,25H,1H3. The molecule has 0 saturated heterocycles. The number of benzene rings is 3. The van der Waals surface area contributed by atoms with Gasteiger partial charge in [-0.15, -0.1) is 11.8 Å². The van der Waals surface area contributed by atoms with Gasteiger partial charge in [-0.05, 0) is 42.7 Å². The fourth-order valence-electron chi connectivity index (χ4n) is 3.03. The van der Waals surface area contributed by atoms with Gasteiger partial charge in [0.05, 0.1) is 16.3 Å². The number of thioether (sulfide) groups is 1. The Balaban J connectivity index is 1.84. The zero-order valence-corrected chi connectivity index (χ0v) is 18.4. The summed E-state index contributed by atoms with van der Waals surface area (Å²) in [5.41, 5.74) is 2.99. The van der Waals surface area contributed by atoms with Gasteiger partial charge in [0.2, 0.25) is 0 Å². The van der Waals surface area contributed by atoms with Crippen LogP contribution in [0.2, 0.25) is 5.02 Å². The third-order valence-electron chi connectivity index (χ3n) is 4.49. The van der Waals surface area contributed by atoms with E-state index in [2.05, 4.69) is 9.93 Å². The van der Waals surface area contributed by atoms with E-state index in [-0.39, 0.29) is 4.90 Å². The quantitative estimate of drug-likeness (QED) is 0.388. The molecule has 0 radical (unpaired) electrons. The van der Waals surface area contributed by atoms with E-state index in [9.17, 15) is 8.42 Å². The number of hydrogen-bond acceptors (Lipinski definition) is 4. The summed E-state index contributed by atoms with van der Waals surface area (Å²) < 4.78 is 25.8. The zero-order valence-electron chi connectivity index (χ0n) is 16.0. The van der Waals surface area contributed by atoms with Crippen molar-refractivity contribution in [2.75, 3.05) is 11.1 Å². The van der Waals surface area contributed by atoms with Crippen LogP contribution in [0.4, 0.5) is 0 Å². The van der Waals surface area contributed by atoms with E-state index >= 15 is 0 Å². The van der Waals surface area contributed by atoms with E-state index in [0.29, 0.717) is 16.4 Å². The van der Waals surface area contributed by atoms with Crippen LogP contribution in [0.15, 0.2) is 94.7 Å². The third kappa shape index (κ3) is 4.23. The minimum Gasteiger partial charge on any atom is -0.200 e. The molecule has 0 bridgehead atoms. The zero-order chi connectivity index (χ0) is 21.1. The van der Waals surface area contributed by atoms with Crippen LogP contribution >= 0.6 is 23.4 Å². The molecule has 5 nitrogen and oxygen atoms in total. The predicted octanol–water partition coefficient (Wildman–Crippen LogP) is 5.52. The maximum atomic E-state index is 12.9. The molecule has 1 aromatic heterocycles. The number of hydrogen-bond donors (Lipinski definition) is 1. The van der Waals surface area contributed by atoms with Gasteiger partial charge in [-0.1, -0.05) is 60.1 Å². The van der Waals surface area contributed by atoms with Crippen molar-refractivity contribution in [3.8, 4) is 22.5 Å². The minimum absolute atomic E-state index is 0.161. The maximum Gasteiger partial charge on any atom is 0.276 e. The van der Waals surface area contributed by atoms with Crippen LogP contribution in [0, 0.1) is 0 Å². The summed E-state index contributed by atoms with van der Waals surface area (Å²) in [6.07, 6.45) is 1.99. The van der Waals surface area contributed by atoms with Gasteiger partial charge in [0, 0.05) is 21.0 Å². The molecule has 0 aliphatic heterocycles. The monoisotopic (exact) mass is 455 g/mol. The first-order valence-electron chi connectivity index (χ1n) is 9.05. The van der Waals surface area contributed by atoms with Crippen molar-refractivity contribution in [2.45, 2.75) is 9.79 Å². The van der Waals surface area contributed by atoms with E-state index < -0.39 is 10.0 Å². The third-order valence-corrected chi connectivity index (χ3v) is 6.85. The highest BCUT2D eigenvalue weighted by Gasteiger charge is 2.19. The summed E-state index contributed by atoms with van der Waals surface area (Å²) in [5, 5.41) is 5.18. The second-order valence-corrected chi connectivity index (χ2v) is 9.39. The number of halogens is 1. The molecule has 3 aromatic carbocycles. The highest BCUT2D eigenvalue weighted by Crippen LogP contribution is 2.32. The second kappa shape index (κ2) is 8.55. The van der Waals surface area contributed by atoms with Crippen molar-refractivity contribution < 1.29 is 8.42 Å². The van der Waals surface area contributed by atoms with Gasteiger partial charge in [0.1, 0.15) is 0 Å². The first kappa shape index (κ1) is 20.5. The van der Waals surface area contributed by atoms with Crippen LogP contribution in [0.25, 0.3) is 22.5 Å². The fourth-order valence-corrected chi connectivity index (χ4v) is 4.75. The Labute approximate surface area is 184 Å². The van der Waals surface area contributed by atoms with Crippen LogP contribution < -0.4 is 4.83 Å². The summed E-state index contributed by atoms with van der Waals surface area (Å²) in [7, 11) is -3.82.